The number of carboxylic acid groups (broad SMARTS) is 1. The second kappa shape index (κ2) is 6.71. The molecule has 2 aromatic carbocycles. The zero-order chi connectivity index (χ0) is 17.1. The molecule has 24 heavy (non-hydrogen) atoms. The molecular formula is C20H19NO3. The lowest BCUT2D eigenvalue weighted by Gasteiger charge is -2.06. The zero-order valence-electron chi connectivity index (χ0n) is 13.7. The van der Waals surface area contributed by atoms with E-state index in [0.29, 0.717) is 23.0 Å². The van der Waals surface area contributed by atoms with Gasteiger partial charge in [-0.3, -0.25) is 4.79 Å². The zero-order valence-corrected chi connectivity index (χ0v) is 13.7. The first-order valence-corrected chi connectivity index (χ1v) is 7.91. The number of fused-ring (bicyclic) bond motifs is 1. The molecule has 0 amide bonds. The van der Waals surface area contributed by atoms with Crippen LogP contribution in [0.1, 0.15) is 43.2 Å². The highest BCUT2D eigenvalue weighted by molar-refractivity contribution is 5.90. The van der Waals surface area contributed by atoms with Crippen LogP contribution in [0.2, 0.25) is 0 Å². The van der Waals surface area contributed by atoms with Crippen molar-refractivity contribution in [2.24, 2.45) is 0 Å². The van der Waals surface area contributed by atoms with Crippen molar-refractivity contribution < 1.29 is 14.3 Å². The number of para-hydroxylation sites is 2. The Morgan fingerprint density at radius 2 is 1.88 bits per heavy atom. The van der Waals surface area contributed by atoms with E-state index in [4.69, 9.17) is 4.42 Å². The Morgan fingerprint density at radius 1 is 1.17 bits per heavy atom. The molecular weight excluding hydrogens is 302 g/mol. The van der Waals surface area contributed by atoms with Crippen LogP contribution in [-0.4, -0.2) is 16.1 Å². The number of hydrogen-bond donors (Lipinski definition) is 1. The van der Waals surface area contributed by atoms with Crippen molar-refractivity contribution in [2.75, 3.05) is 0 Å². The monoisotopic (exact) mass is 321 g/mol. The summed E-state index contributed by atoms with van der Waals surface area (Å²) in [6.07, 6.45) is 1.68. The molecule has 3 rings (SSSR count). The van der Waals surface area contributed by atoms with Crippen molar-refractivity contribution >= 4 is 28.7 Å². The van der Waals surface area contributed by atoms with E-state index in [1.54, 1.807) is 0 Å². The number of oxazole rings is 1. The number of benzene rings is 2. The summed E-state index contributed by atoms with van der Waals surface area (Å²) in [6.45, 7) is 4.28. The van der Waals surface area contributed by atoms with Crippen molar-refractivity contribution in [1.29, 1.82) is 0 Å². The first-order chi connectivity index (χ1) is 11.5. The predicted octanol–water partition coefficient (Wildman–Crippen LogP) is 4.97. The normalized spacial score (nSPS) is 12.0. The van der Waals surface area contributed by atoms with Crippen molar-refractivity contribution in [3.8, 4) is 0 Å². The number of aliphatic carboxylic acids is 1. The first-order valence-electron chi connectivity index (χ1n) is 7.91. The Hall–Kier alpha value is -2.88. The van der Waals surface area contributed by atoms with Gasteiger partial charge in [-0.25, -0.2) is 4.98 Å². The van der Waals surface area contributed by atoms with E-state index >= 15 is 0 Å². The number of carboxylic acids is 1. The minimum absolute atomic E-state index is 0.140. The van der Waals surface area contributed by atoms with Gasteiger partial charge in [0.05, 0.1) is 6.42 Å². The van der Waals surface area contributed by atoms with E-state index in [-0.39, 0.29) is 6.42 Å². The van der Waals surface area contributed by atoms with Gasteiger partial charge in [0.2, 0.25) is 5.89 Å². The second-order valence-electron chi connectivity index (χ2n) is 6.05. The van der Waals surface area contributed by atoms with E-state index in [0.717, 1.165) is 11.1 Å². The summed E-state index contributed by atoms with van der Waals surface area (Å²) in [5, 5.41) is 9.20. The number of hydrogen-bond acceptors (Lipinski definition) is 3. The van der Waals surface area contributed by atoms with E-state index in [1.165, 1.54) is 5.56 Å². The summed E-state index contributed by atoms with van der Waals surface area (Å²) < 4.78 is 5.72. The molecule has 4 heteroatoms. The Balaban J connectivity index is 2.00. The standard InChI is InChI=1S/C20H19NO3/c1-13(2)15-9-7-14(8-10-15)11-16(12-19(22)23)20-21-17-5-3-4-6-18(17)24-20/h3-11,13H,12H2,1-2H3,(H,22,23)/b16-11+. The minimum Gasteiger partial charge on any atom is -0.481 e. The lowest BCUT2D eigenvalue weighted by Crippen LogP contribution is -1.97. The summed E-state index contributed by atoms with van der Waals surface area (Å²) in [5.41, 5.74) is 4.10. The Kier molecular flexibility index (Phi) is 4.47. The van der Waals surface area contributed by atoms with Crippen LogP contribution in [0.15, 0.2) is 52.9 Å². The quantitative estimate of drug-likeness (QED) is 0.721. The van der Waals surface area contributed by atoms with Crippen molar-refractivity contribution in [3.05, 3.63) is 65.5 Å². The molecule has 0 bridgehead atoms. The fourth-order valence-corrected chi connectivity index (χ4v) is 2.54. The van der Waals surface area contributed by atoms with Crippen molar-refractivity contribution in [1.82, 2.24) is 4.98 Å². The Labute approximate surface area is 140 Å². The van der Waals surface area contributed by atoms with Crippen LogP contribution in [0.3, 0.4) is 0 Å². The fraction of sp³-hybridized carbons (Fsp3) is 0.200. The highest BCUT2D eigenvalue weighted by Gasteiger charge is 2.14. The van der Waals surface area contributed by atoms with Gasteiger partial charge in [-0.05, 0) is 35.3 Å². The van der Waals surface area contributed by atoms with Gasteiger partial charge in [0.15, 0.2) is 5.58 Å². The van der Waals surface area contributed by atoms with Crippen LogP contribution in [0, 0.1) is 0 Å². The van der Waals surface area contributed by atoms with Crippen LogP contribution in [0.5, 0.6) is 0 Å². The molecule has 0 fully saturated rings. The molecule has 4 nitrogen and oxygen atoms in total. The van der Waals surface area contributed by atoms with Gasteiger partial charge < -0.3 is 9.52 Å². The molecule has 0 saturated heterocycles. The molecule has 0 radical (unpaired) electrons. The average molecular weight is 321 g/mol. The third-order valence-electron chi connectivity index (χ3n) is 3.85. The molecule has 122 valence electrons. The maximum absolute atomic E-state index is 11.2. The van der Waals surface area contributed by atoms with Gasteiger partial charge in [-0.1, -0.05) is 50.2 Å². The average Bonchev–Trinajstić information content (AvgIpc) is 2.98. The van der Waals surface area contributed by atoms with E-state index in [1.807, 2.05) is 42.5 Å². The number of rotatable bonds is 5. The highest BCUT2D eigenvalue weighted by Crippen LogP contribution is 2.26. The van der Waals surface area contributed by atoms with Gasteiger partial charge in [0.25, 0.3) is 0 Å². The molecule has 0 aliphatic carbocycles. The predicted molar refractivity (Wildman–Crippen MR) is 94.7 cm³/mol. The molecule has 3 aromatic rings. The van der Waals surface area contributed by atoms with Crippen molar-refractivity contribution in [3.63, 3.8) is 0 Å². The SMILES string of the molecule is CC(C)c1ccc(/C=C(\CC(=O)O)c2nc3ccccc3o2)cc1. The van der Waals surface area contributed by atoms with Crippen LogP contribution in [-0.2, 0) is 4.79 Å². The van der Waals surface area contributed by atoms with E-state index < -0.39 is 5.97 Å². The third-order valence-corrected chi connectivity index (χ3v) is 3.85. The molecule has 0 aliphatic heterocycles. The Bertz CT molecular complexity index is 856. The minimum atomic E-state index is -0.915. The third kappa shape index (κ3) is 3.54. The van der Waals surface area contributed by atoms with Crippen LogP contribution in [0.25, 0.3) is 22.7 Å². The molecule has 1 heterocycles. The van der Waals surface area contributed by atoms with Gasteiger partial charge in [-0.2, -0.15) is 0 Å². The smallest absolute Gasteiger partial charge is 0.308 e. The number of nitrogens with zero attached hydrogens (tertiary/aromatic N) is 1. The number of carbonyl (C=O) groups is 1. The van der Waals surface area contributed by atoms with Crippen LogP contribution in [0.4, 0.5) is 0 Å². The largest absolute Gasteiger partial charge is 0.481 e. The second-order valence-corrected chi connectivity index (χ2v) is 6.05. The Morgan fingerprint density at radius 3 is 2.50 bits per heavy atom. The lowest BCUT2D eigenvalue weighted by molar-refractivity contribution is -0.135. The molecule has 0 saturated carbocycles. The molecule has 0 spiro atoms. The molecule has 0 unspecified atom stereocenters. The summed E-state index contributed by atoms with van der Waals surface area (Å²) in [5.74, 6) is -0.104. The molecule has 1 aromatic heterocycles. The van der Waals surface area contributed by atoms with Crippen LogP contribution >= 0.6 is 0 Å². The topological polar surface area (TPSA) is 63.3 Å². The maximum Gasteiger partial charge on any atom is 0.308 e. The van der Waals surface area contributed by atoms with Gasteiger partial charge in [-0.15, -0.1) is 0 Å². The molecule has 0 atom stereocenters. The summed E-state index contributed by atoms with van der Waals surface area (Å²) in [7, 11) is 0. The summed E-state index contributed by atoms with van der Waals surface area (Å²) in [4.78, 5) is 15.6. The summed E-state index contributed by atoms with van der Waals surface area (Å²) >= 11 is 0. The van der Waals surface area contributed by atoms with E-state index in [9.17, 15) is 9.90 Å². The fourth-order valence-electron chi connectivity index (χ4n) is 2.54. The highest BCUT2D eigenvalue weighted by atomic mass is 16.4. The molecule has 1 N–H and O–H groups in total. The lowest BCUT2D eigenvalue weighted by atomic mass is 10.0. The van der Waals surface area contributed by atoms with Crippen LogP contribution < -0.4 is 0 Å². The summed E-state index contributed by atoms with van der Waals surface area (Å²) in [6, 6.07) is 15.5. The van der Waals surface area contributed by atoms with Gasteiger partial charge >= 0.3 is 5.97 Å². The van der Waals surface area contributed by atoms with Gasteiger partial charge in [0, 0.05) is 5.57 Å². The van der Waals surface area contributed by atoms with Gasteiger partial charge in [0.1, 0.15) is 5.52 Å². The van der Waals surface area contributed by atoms with Crippen molar-refractivity contribution in [2.45, 2.75) is 26.2 Å². The first kappa shape index (κ1) is 16.0. The molecule has 0 aliphatic rings. The van der Waals surface area contributed by atoms with E-state index in [2.05, 4.69) is 31.0 Å². The number of aromatic nitrogens is 1. The maximum atomic E-state index is 11.2.